The first-order valence-corrected chi connectivity index (χ1v) is 4.30. The molecule has 1 aliphatic rings. The van der Waals surface area contributed by atoms with Crippen LogP contribution >= 0.6 is 11.6 Å². The van der Waals surface area contributed by atoms with Crippen molar-refractivity contribution < 1.29 is 15.0 Å². The number of aromatic carboxylic acids is 1. The molecule has 1 heterocycles. The van der Waals surface area contributed by atoms with Gasteiger partial charge in [-0.1, -0.05) is 11.6 Å². The van der Waals surface area contributed by atoms with Gasteiger partial charge in [0.15, 0.2) is 0 Å². The van der Waals surface area contributed by atoms with Crippen molar-refractivity contribution in [1.29, 1.82) is 0 Å². The predicted molar refractivity (Wildman–Crippen MR) is 46.0 cm³/mol. The Morgan fingerprint density at radius 3 is 2.85 bits per heavy atom. The second-order valence-corrected chi connectivity index (χ2v) is 3.44. The summed E-state index contributed by atoms with van der Waals surface area (Å²) in [7, 11) is 0. The Bertz CT molecular complexity index is 372. The number of carboxylic acid groups (broad SMARTS) is 1. The summed E-state index contributed by atoms with van der Waals surface area (Å²) >= 11 is 5.81. The maximum atomic E-state index is 10.6. The molecule has 1 atom stereocenters. The molecule has 0 saturated heterocycles. The fourth-order valence-electron chi connectivity index (χ4n) is 1.64. The maximum Gasteiger partial charge on any atom is 0.353 e. The van der Waals surface area contributed by atoms with E-state index in [1.807, 2.05) is 0 Å². The van der Waals surface area contributed by atoms with Crippen LogP contribution in [0.3, 0.4) is 0 Å². The molecule has 0 saturated carbocycles. The van der Waals surface area contributed by atoms with Crippen molar-refractivity contribution in [2.24, 2.45) is 0 Å². The van der Waals surface area contributed by atoms with E-state index in [-0.39, 0.29) is 10.7 Å². The van der Waals surface area contributed by atoms with Crippen LogP contribution in [0.1, 0.15) is 34.3 Å². The summed E-state index contributed by atoms with van der Waals surface area (Å²) in [5.41, 5.74) is 1.28. The zero-order valence-corrected chi connectivity index (χ0v) is 7.43. The van der Waals surface area contributed by atoms with Crippen molar-refractivity contribution >= 4 is 17.6 Å². The molecular weight excluding hydrogens is 194 g/mol. The van der Waals surface area contributed by atoms with Gasteiger partial charge in [-0.3, -0.25) is 0 Å². The van der Waals surface area contributed by atoms with Gasteiger partial charge in [-0.25, -0.2) is 4.79 Å². The number of aromatic nitrogens is 1. The third kappa shape index (κ3) is 1.14. The number of aromatic amines is 1. The first kappa shape index (κ1) is 8.59. The predicted octanol–water partition coefficient (Wildman–Crippen LogP) is 1.35. The van der Waals surface area contributed by atoms with Gasteiger partial charge in [-0.15, -0.1) is 0 Å². The zero-order valence-electron chi connectivity index (χ0n) is 6.67. The largest absolute Gasteiger partial charge is 0.477 e. The Morgan fingerprint density at radius 1 is 1.62 bits per heavy atom. The van der Waals surface area contributed by atoms with Crippen molar-refractivity contribution in [1.82, 2.24) is 4.98 Å². The summed E-state index contributed by atoms with van der Waals surface area (Å²) in [6.07, 6.45) is 0.653. The van der Waals surface area contributed by atoms with E-state index in [0.29, 0.717) is 18.5 Å². The second-order valence-electron chi connectivity index (χ2n) is 3.07. The van der Waals surface area contributed by atoms with Crippen molar-refractivity contribution in [2.45, 2.75) is 18.9 Å². The first-order chi connectivity index (χ1) is 6.11. The van der Waals surface area contributed by atoms with Gasteiger partial charge in [0.2, 0.25) is 0 Å². The number of nitrogens with one attached hydrogen (secondary N) is 1. The molecule has 2 rings (SSSR count). The molecule has 0 amide bonds. The van der Waals surface area contributed by atoms with Crippen LogP contribution in [0.5, 0.6) is 0 Å². The Balaban J connectivity index is 2.55. The first-order valence-electron chi connectivity index (χ1n) is 3.93. The van der Waals surface area contributed by atoms with E-state index in [1.54, 1.807) is 0 Å². The highest BCUT2D eigenvalue weighted by molar-refractivity contribution is 6.34. The average molecular weight is 202 g/mol. The number of halogens is 1. The SMILES string of the molecule is O=C(O)c1[nH]c2c(c1Cl)CC[C@H]2O. The Morgan fingerprint density at radius 2 is 2.31 bits per heavy atom. The molecule has 0 spiro atoms. The topological polar surface area (TPSA) is 73.3 Å². The van der Waals surface area contributed by atoms with Crippen molar-refractivity contribution in [3.05, 3.63) is 22.0 Å². The summed E-state index contributed by atoms with van der Waals surface area (Å²) in [4.78, 5) is 13.3. The minimum Gasteiger partial charge on any atom is -0.477 e. The molecule has 0 bridgehead atoms. The van der Waals surface area contributed by atoms with Gasteiger partial charge >= 0.3 is 5.97 Å². The van der Waals surface area contributed by atoms with Gasteiger partial charge in [-0.2, -0.15) is 0 Å². The van der Waals surface area contributed by atoms with Crippen molar-refractivity contribution in [3.63, 3.8) is 0 Å². The van der Waals surface area contributed by atoms with E-state index in [1.165, 1.54) is 0 Å². The van der Waals surface area contributed by atoms with E-state index < -0.39 is 12.1 Å². The van der Waals surface area contributed by atoms with Gasteiger partial charge in [0.1, 0.15) is 5.69 Å². The van der Waals surface area contributed by atoms with Gasteiger partial charge in [-0.05, 0) is 18.4 Å². The van der Waals surface area contributed by atoms with Crippen LogP contribution in [0.25, 0.3) is 0 Å². The highest BCUT2D eigenvalue weighted by Crippen LogP contribution is 2.37. The van der Waals surface area contributed by atoms with Gasteiger partial charge < -0.3 is 15.2 Å². The van der Waals surface area contributed by atoms with Crippen molar-refractivity contribution in [2.75, 3.05) is 0 Å². The monoisotopic (exact) mass is 201 g/mol. The lowest BCUT2D eigenvalue weighted by atomic mass is 10.2. The van der Waals surface area contributed by atoms with Gasteiger partial charge in [0.25, 0.3) is 0 Å². The molecule has 0 aromatic carbocycles. The molecule has 0 fully saturated rings. The summed E-state index contributed by atoms with van der Waals surface area (Å²) in [6.45, 7) is 0. The minimum atomic E-state index is -1.09. The highest BCUT2D eigenvalue weighted by Gasteiger charge is 2.29. The molecule has 3 N–H and O–H groups in total. The Hall–Kier alpha value is -1.00. The maximum absolute atomic E-state index is 10.6. The van der Waals surface area contributed by atoms with E-state index >= 15 is 0 Å². The quantitative estimate of drug-likeness (QED) is 0.642. The van der Waals surface area contributed by atoms with Crippen LogP contribution in [-0.2, 0) is 6.42 Å². The third-order valence-corrected chi connectivity index (χ3v) is 2.70. The second kappa shape index (κ2) is 2.75. The molecule has 1 aliphatic carbocycles. The van der Waals surface area contributed by atoms with E-state index in [2.05, 4.69) is 4.98 Å². The molecule has 4 nitrogen and oxygen atoms in total. The highest BCUT2D eigenvalue weighted by atomic mass is 35.5. The summed E-state index contributed by atoms with van der Waals surface area (Å²) in [6, 6.07) is 0. The Labute approximate surface area is 79.1 Å². The minimum absolute atomic E-state index is 0.0228. The molecule has 0 radical (unpaired) electrons. The van der Waals surface area contributed by atoms with E-state index in [9.17, 15) is 9.90 Å². The number of carbonyl (C=O) groups is 1. The van der Waals surface area contributed by atoms with E-state index in [0.717, 1.165) is 5.56 Å². The number of rotatable bonds is 1. The number of fused-ring (bicyclic) bond motifs is 1. The van der Waals surface area contributed by atoms with Crippen LogP contribution in [-0.4, -0.2) is 21.2 Å². The van der Waals surface area contributed by atoms with Crippen molar-refractivity contribution in [3.8, 4) is 0 Å². The number of H-pyrrole nitrogens is 1. The van der Waals surface area contributed by atoms with Crippen LogP contribution in [0.2, 0.25) is 5.02 Å². The van der Waals surface area contributed by atoms with Gasteiger partial charge in [0.05, 0.1) is 11.1 Å². The zero-order chi connectivity index (χ0) is 9.59. The molecule has 0 aliphatic heterocycles. The lowest BCUT2D eigenvalue weighted by Crippen LogP contribution is -1.99. The fraction of sp³-hybridized carbons (Fsp3) is 0.375. The van der Waals surface area contributed by atoms with E-state index in [4.69, 9.17) is 16.7 Å². The smallest absolute Gasteiger partial charge is 0.353 e. The third-order valence-electron chi connectivity index (χ3n) is 2.28. The average Bonchev–Trinajstić information content (AvgIpc) is 2.55. The lowest BCUT2D eigenvalue weighted by molar-refractivity contribution is 0.0690. The van der Waals surface area contributed by atoms with Crippen LogP contribution in [0, 0.1) is 0 Å². The molecule has 5 heteroatoms. The van der Waals surface area contributed by atoms with Gasteiger partial charge in [0, 0.05) is 5.69 Å². The molecular formula is C8H8ClNO3. The molecule has 0 unspecified atom stereocenters. The summed E-state index contributed by atoms with van der Waals surface area (Å²) < 4.78 is 0. The fourth-order valence-corrected chi connectivity index (χ4v) is 1.96. The molecule has 13 heavy (non-hydrogen) atoms. The summed E-state index contributed by atoms with van der Waals surface area (Å²) in [5, 5.41) is 18.4. The molecule has 1 aromatic rings. The number of aliphatic hydroxyl groups is 1. The standard InChI is InChI=1S/C8H8ClNO3/c9-5-3-1-2-4(11)6(3)10-7(5)8(12)13/h4,10-11H,1-2H2,(H,12,13)/t4-/m1/s1. The Kier molecular flexibility index (Phi) is 1.82. The molecule has 70 valence electrons. The lowest BCUT2D eigenvalue weighted by Gasteiger charge is -1.98. The number of aliphatic hydroxyl groups excluding tert-OH is 1. The van der Waals surface area contributed by atoms with Crippen LogP contribution in [0.15, 0.2) is 0 Å². The number of hydrogen-bond acceptors (Lipinski definition) is 2. The normalized spacial score (nSPS) is 20.3. The van der Waals surface area contributed by atoms with Crippen LogP contribution in [0.4, 0.5) is 0 Å². The molecule has 1 aromatic heterocycles. The number of hydrogen-bond donors (Lipinski definition) is 3. The van der Waals surface area contributed by atoms with Crippen LogP contribution < -0.4 is 0 Å². The number of carboxylic acids is 1. The summed E-state index contributed by atoms with van der Waals surface area (Å²) in [5.74, 6) is -1.09.